The molecular weight excluding hydrogens is 358 g/mol. The van der Waals surface area contributed by atoms with Crippen LogP contribution in [0.4, 0.5) is 0 Å². The molecule has 0 N–H and O–H groups in total. The molecule has 8 nitrogen and oxygen atoms in total. The van der Waals surface area contributed by atoms with Crippen LogP contribution >= 0.6 is 0 Å². The molecule has 2 fully saturated rings. The zero-order valence-electron chi connectivity index (χ0n) is 17.2. The Morgan fingerprint density at radius 2 is 2.00 bits per heavy atom. The van der Waals surface area contributed by atoms with Crippen LogP contribution < -0.4 is 0 Å². The zero-order valence-corrected chi connectivity index (χ0v) is 17.2. The van der Waals surface area contributed by atoms with Crippen molar-refractivity contribution in [1.82, 2.24) is 24.8 Å². The van der Waals surface area contributed by atoms with Crippen molar-refractivity contribution in [3.63, 3.8) is 0 Å². The number of aryl methyl sites for hydroxylation is 2. The number of nitrogens with zero attached hydrogens (tertiary/aromatic N) is 5. The van der Waals surface area contributed by atoms with Crippen LogP contribution in [0.3, 0.4) is 0 Å². The maximum absolute atomic E-state index is 13.1. The summed E-state index contributed by atoms with van der Waals surface area (Å²) in [5, 5.41) is 8.72. The first-order valence-corrected chi connectivity index (χ1v) is 10.1. The number of rotatable bonds is 6. The lowest BCUT2D eigenvalue weighted by Gasteiger charge is -2.39. The number of aromatic nitrogens is 4. The van der Waals surface area contributed by atoms with Crippen molar-refractivity contribution in [1.29, 1.82) is 0 Å². The molecule has 0 unspecified atom stereocenters. The van der Waals surface area contributed by atoms with E-state index in [1.54, 1.807) is 11.8 Å². The molecular formula is C20H29N5O3. The van der Waals surface area contributed by atoms with Gasteiger partial charge < -0.3 is 14.2 Å². The van der Waals surface area contributed by atoms with Crippen LogP contribution in [0.5, 0.6) is 0 Å². The highest BCUT2D eigenvalue weighted by Crippen LogP contribution is 2.42. The van der Waals surface area contributed by atoms with Crippen molar-refractivity contribution in [3.8, 4) is 0 Å². The summed E-state index contributed by atoms with van der Waals surface area (Å²) in [5.74, 6) is 2.06. The van der Waals surface area contributed by atoms with E-state index in [1.807, 2.05) is 25.8 Å². The summed E-state index contributed by atoms with van der Waals surface area (Å²) in [5.41, 5.74) is 2.23. The van der Waals surface area contributed by atoms with Gasteiger partial charge in [-0.3, -0.25) is 9.48 Å². The van der Waals surface area contributed by atoms with Gasteiger partial charge in [0.1, 0.15) is 0 Å². The Kier molecular flexibility index (Phi) is 4.99. The molecule has 1 aliphatic carbocycles. The molecule has 1 amide bonds. The maximum Gasteiger partial charge on any atom is 0.257 e. The smallest absolute Gasteiger partial charge is 0.257 e. The third-order valence-corrected chi connectivity index (χ3v) is 6.36. The van der Waals surface area contributed by atoms with Crippen LogP contribution in [0.2, 0.25) is 0 Å². The van der Waals surface area contributed by atoms with E-state index in [2.05, 4.69) is 10.3 Å². The number of carbonyl (C=O) groups excluding carboxylic acids is 1. The van der Waals surface area contributed by atoms with E-state index in [0.717, 1.165) is 60.8 Å². The topological polar surface area (TPSA) is 86.3 Å². The van der Waals surface area contributed by atoms with E-state index in [-0.39, 0.29) is 11.3 Å². The molecule has 2 aromatic heterocycles. The van der Waals surface area contributed by atoms with E-state index in [1.165, 1.54) is 0 Å². The standard InChI is InChI=1S/C20H29N5O3/c1-13-16(14(2)24(3)22-13)18(26)25-10-7-20(8-11-25,9-12-27-4)19-21-17(28-23-19)15-5-6-15/h15H,5-12H2,1-4H3. The molecule has 1 saturated heterocycles. The summed E-state index contributed by atoms with van der Waals surface area (Å²) in [6, 6.07) is 0. The molecule has 2 aliphatic rings. The number of ether oxygens (including phenoxy) is 1. The van der Waals surface area contributed by atoms with Gasteiger partial charge in [-0.2, -0.15) is 10.1 Å². The highest BCUT2D eigenvalue weighted by molar-refractivity contribution is 5.96. The molecule has 0 aromatic carbocycles. The number of piperidine rings is 1. The number of amides is 1. The van der Waals surface area contributed by atoms with Gasteiger partial charge in [-0.15, -0.1) is 0 Å². The van der Waals surface area contributed by atoms with Crippen LogP contribution in [0.1, 0.15) is 71.5 Å². The Morgan fingerprint density at radius 1 is 1.29 bits per heavy atom. The van der Waals surface area contributed by atoms with Crippen molar-refractivity contribution in [3.05, 3.63) is 28.7 Å². The second kappa shape index (κ2) is 7.31. The fourth-order valence-electron chi connectivity index (χ4n) is 4.21. The third kappa shape index (κ3) is 3.34. The largest absolute Gasteiger partial charge is 0.385 e. The van der Waals surface area contributed by atoms with Crippen molar-refractivity contribution >= 4 is 5.91 Å². The average Bonchev–Trinajstić information content (AvgIpc) is 3.36. The Bertz CT molecular complexity index is 859. The Labute approximate surface area is 165 Å². The van der Waals surface area contributed by atoms with Gasteiger partial charge in [0.2, 0.25) is 5.89 Å². The Hall–Kier alpha value is -2.22. The van der Waals surface area contributed by atoms with Crippen LogP contribution in [0.25, 0.3) is 0 Å². The second-order valence-electron chi connectivity index (χ2n) is 8.22. The molecule has 0 atom stereocenters. The van der Waals surface area contributed by atoms with Crippen molar-refractivity contribution in [2.45, 2.75) is 57.3 Å². The summed E-state index contributed by atoms with van der Waals surface area (Å²) in [4.78, 5) is 19.8. The number of methoxy groups -OCH3 is 1. The van der Waals surface area contributed by atoms with Gasteiger partial charge in [0.25, 0.3) is 5.91 Å². The zero-order chi connectivity index (χ0) is 19.9. The van der Waals surface area contributed by atoms with E-state index in [0.29, 0.717) is 25.6 Å². The summed E-state index contributed by atoms with van der Waals surface area (Å²) in [6.07, 6.45) is 4.73. The second-order valence-corrected chi connectivity index (χ2v) is 8.22. The molecule has 1 aliphatic heterocycles. The van der Waals surface area contributed by atoms with Crippen molar-refractivity contribution in [2.24, 2.45) is 7.05 Å². The average molecular weight is 387 g/mol. The summed E-state index contributed by atoms with van der Waals surface area (Å²) < 4.78 is 12.7. The first-order chi connectivity index (χ1) is 13.4. The molecule has 1 saturated carbocycles. The molecule has 3 heterocycles. The summed E-state index contributed by atoms with van der Waals surface area (Å²) in [7, 11) is 3.59. The minimum atomic E-state index is -0.192. The monoisotopic (exact) mass is 387 g/mol. The van der Waals surface area contributed by atoms with Gasteiger partial charge >= 0.3 is 0 Å². The van der Waals surface area contributed by atoms with Crippen LogP contribution in [0.15, 0.2) is 4.52 Å². The SMILES string of the molecule is COCCC1(c2noc(C3CC3)n2)CCN(C(=O)c2c(C)nn(C)c2C)CC1. The van der Waals surface area contributed by atoms with E-state index in [9.17, 15) is 4.79 Å². The normalized spacial score (nSPS) is 19.2. The van der Waals surface area contributed by atoms with E-state index < -0.39 is 0 Å². The lowest BCUT2D eigenvalue weighted by molar-refractivity contribution is 0.0614. The molecule has 8 heteroatoms. The number of hydrogen-bond donors (Lipinski definition) is 0. The number of hydrogen-bond acceptors (Lipinski definition) is 6. The van der Waals surface area contributed by atoms with Gasteiger partial charge in [0.15, 0.2) is 5.82 Å². The van der Waals surface area contributed by atoms with E-state index >= 15 is 0 Å². The molecule has 4 rings (SSSR count). The highest BCUT2D eigenvalue weighted by atomic mass is 16.5. The summed E-state index contributed by atoms with van der Waals surface area (Å²) >= 11 is 0. The summed E-state index contributed by atoms with van der Waals surface area (Å²) in [6.45, 7) is 5.82. The molecule has 2 aromatic rings. The Morgan fingerprint density at radius 3 is 2.57 bits per heavy atom. The van der Waals surface area contributed by atoms with Gasteiger partial charge in [0.05, 0.1) is 11.3 Å². The van der Waals surface area contributed by atoms with Gasteiger partial charge in [-0.1, -0.05) is 5.16 Å². The van der Waals surface area contributed by atoms with Gasteiger partial charge in [-0.25, -0.2) is 0 Å². The number of likely N-dealkylation sites (tertiary alicyclic amines) is 1. The fourth-order valence-corrected chi connectivity index (χ4v) is 4.21. The minimum absolute atomic E-state index is 0.0650. The minimum Gasteiger partial charge on any atom is -0.385 e. The molecule has 0 spiro atoms. The molecule has 152 valence electrons. The maximum atomic E-state index is 13.1. The lowest BCUT2D eigenvalue weighted by Crippen LogP contribution is -2.46. The van der Waals surface area contributed by atoms with Crippen molar-refractivity contribution < 1.29 is 14.1 Å². The number of carbonyl (C=O) groups is 1. The molecule has 0 radical (unpaired) electrons. The first kappa shape index (κ1) is 19.1. The lowest BCUT2D eigenvalue weighted by atomic mass is 9.75. The fraction of sp³-hybridized carbons (Fsp3) is 0.700. The third-order valence-electron chi connectivity index (χ3n) is 6.36. The predicted molar refractivity (Wildman–Crippen MR) is 102 cm³/mol. The van der Waals surface area contributed by atoms with Crippen LogP contribution in [0, 0.1) is 13.8 Å². The van der Waals surface area contributed by atoms with Crippen LogP contribution in [-0.2, 0) is 17.2 Å². The first-order valence-electron chi connectivity index (χ1n) is 10.1. The van der Waals surface area contributed by atoms with Crippen LogP contribution in [-0.4, -0.2) is 57.5 Å². The highest BCUT2D eigenvalue weighted by Gasteiger charge is 2.42. The van der Waals surface area contributed by atoms with Gasteiger partial charge in [-0.05, 0) is 46.0 Å². The molecule has 28 heavy (non-hydrogen) atoms. The molecule has 0 bridgehead atoms. The van der Waals surface area contributed by atoms with E-state index in [4.69, 9.17) is 14.2 Å². The predicted octanol–water partition coefficient (Wildman–Crippen LogP) is 2.51. The van der Waals surface area contributed by atoms with Gasteiger partial charge in [0, 0.05) is 50.9 Å². The Balaban J connectivity index is 1.52. The van der Waals surface area contributed by atoms with Crippen molar-refractivity contribution in [2.75, 3.05) is 26.8 Å². The quantitative estimate of drug-likeness (QED) is 0.757.